The third-order valence-corrected chi connectivity index (χ3v) is 3.43. The molecule has 0 spiro atoms. The Morgan fingerprint density at radius 1 is 1.32 bits per heavy atom. The molecular weight excluding hydrogens is 240 g/mol. The van der Waals surface area contributed by atoms with Crippen LogP contribution in [0.15, 0.2) is 24.4 Å². The summed E-state index contributed by atoms with van der Waals surface area (Å²) in [5.74, 6) is 0.970. The lowest BCUT2D eigenvalue weighted by Gasteiger charge is -2.18. The third kappa shape index (κ3) is 2.72. The van der Waals surface area contributed by atoms with E-state index in [4.69, 9.17) is 4.74 Å². The smallest absolute Gasteiger partial charge is 0.227 e. The second-order valence-corrected chi connectivity index (χ2v) is 4.47. The summed E-state index contributed by atoms with van der Waals surface area (Å²) in [5, 5.41) is 1.06. The van der Waals surface area contributed by atoms with Crippen molar-refractivity contribution in [1.82, 2.24) is 9.88 Å². The number of likely N-dealkylation sites (N-methyl/N-ethyl adjacent to an activating group) is 1. The topological polar surface area (TPSA) is 45.3 Å². The quantitative estimate of drug-likeness (QED) is 0.898. The van der Waals surface area contributed by atoms with Crippen LogP contribution in [0, 0.1) is 0 Å². The molecule has 0 saturated carbocycles. The van der Waals surface area contributed by atoms with Gasteiger partial charge in [-0.1, -0.05) is 0 Å². The van der Waals surface area contributed by atoms with Crippen LogP contribution in [0.2, 0.25) is 0 Å². The second kappa shape index (κ2) is 5.78. The van der Waals surface area contributed by atoms with E-state index in [0.29, 0.717) is 6.42 Å². The number of fused-ring (bicyclic) bond motifs is 1. The van der Waals surface area contributed by atoms with E-state index >= 15 is 0 Å². The number of hydrogen-bond donors (Lipinski definition) is 1. The van der Waals surface area contributed by atoms with E-state index in [9.17, 15) is 4.79 Å². The average Bonchev–Trinajstić information content (AvgIpc) is 2.82. The number of rotatable bonds is 5. The first-order valence-corrected chi connectivity index (χ1v) is 6.61. The molecular formula is C15H20N2O2. The Hall–Kier alpha value is -1.97. The van der Waals surface area contributed by atoms with Crippen LogP contribution in [-0.4, -0.2) is 36.0 Å². The summed E-state index contributed by atoms with van der Waals surface area (Å²) < 4.78 is 5.23. The molecule has 0 aliphatic carbocycles. The van der Waals surface area contributed by atoms with Gasteiger partial charge in [0.2, 0.25) is 5.91 Å². The molecule has 0 bridgehead atoms. The number of amides is 1. The summed E-state index contributed by atoms with van der Waals surface area (Å²) >= 11 is 0. The van der Waals surface area contributed by atoms with Gasteiger partial charge in [0, 0.05) is 30.2 Å². The van der Waals surface area contributed by atoms with E-state index in [1.54, 1.807) is 7.11 Å². The molecule has 19 heavy (non-hydrogen) atoms. The minimum absolute atomic E-state index is 0.161. The van der Waals surface area contributed by atoms with Crippen molar-refractivity contribution in [2.45, 2.75) is 20.3 Å². The summed E-state index contributed by atoms with van der Waals surface area (Å²) in [5.41, 5.74) is 2.05. The molecule has 1 aromatic heterocycles. The van der Waals surface area contributed by atoms with Gasteiger partial charge in [-0.3, -0.25) is 4.79 Å². The molecule has 2 rings (SSSR count). The first-order chi connectivity index (χ1) is 9.19. The fraction of sp³-hybridized carbons (Fsp3) is 0.400. The van der Waals surface area contributed by atoms with Gasteiger partial charge in [-0.05, 0) is 37.6 Å². The zero-order valence-corrected chi connectivity index (χ0v) is 11.7. The maximum absolute atomic E-state index is 12.2. The minimum Gasteiger partial charge on any atom is -0.497 e. The number of hydrogen-bond acceptors (Lipinski definition) is 2. The second-order valence-electron chi connectivity index (χ2n) is 4.47. The van der Waals surface area contributed by atoms with Crippen molar-refractivity contribution in [2.24, 2.45) is 0 Å². The fourth-order valence-corrected chi connectivity index (χ4v) is 2.28. The Balaban J connectivity index is 2.27. The number of aromatic amines is 1. The van der Waals surface area contributed by atoms with Crippen molar-refractivity contribution in [1.29, 1.82) is 0 Å². The molecule has 1 aromatic carbocycles. The van der Waals surface area contributed by atoms with E-state index in [2.05, 4.69) is 4.98 Å². The monoisotopic (exact) mass is 260 g/mol. The number of carbonyl (C=O) groups excluding carboxylic acids is 1. The van der Waals surface area contributed by atoms with Gasteiger partial charge >= 0.3 is 0 Å². The van der Waals surface area contributed by atoms with Crippen molar-refractivity contribution < 1.29 is 9.53 Å². The first kappa shape index (κ1) is 13.5. The highest BCUT2D eigenvalue weighted by atomic mass is 16.5. The van der Waals surface area contributed by atoms with Crippen LogP contribution < -0.4 is 4.74 Å². The number of methoxy groups -OCH3 is 1. The van der Waals surface area contributed by atoms with Crippen molar-refractivity contribution >= 4 is 16.8 Å². The minimum atomic E-state index is 0.161. The molecule has 0 saturated heterocycles. The van der Waals surface area contributed by atoms with Crippen molar-refractivity contribution in [3.8, 4) is 5.75 Å². The average molecular weight is 260 g/mol. The van der Waals surface area contributed by atoms with Crippen molar-refractivity contribution in [2.75, 3.05) is 20.2 Å². The normalized spacial score (nSPS) is 10.7. The SMILES string of the molecule is CCN(CC)C(=O)Cc1c[nH]c2ccc(OC)cc12. The van der Waals surface area contributed by atoms with E-state index in [0.717, 1.165) is 35.3 Å². The zero-order chi connectivity index (χ0) is 13.8. The molecule has 1 N–H and O–H groups in total. The number of H-pyrrole nitrogens is 1. The van der Waals surface area contributed by atoms with Crippen LogP contribution in [0.5, 0.6) is 5.75 Å². The van der Waals surface area contributed by atoms with Crippen LogP contribution in [0.3, 0.4) is 0 Å². The van der Waals surface area contributed by atoms with Gasteiger partial charge in [0.05, 0.1) is 13.5 Å². The van der Waals surface area contributed by atoms with E-state index < -0.39 is 0 Å². The number of carbonyl (C=O) groups is 1. The van der Waals surface area contributed by atoms with Gasteiger partial charge in [-0.15, -0.1) is 0 Å². The summed E-state index contributed by atoms with van der Waals surface area (Å²) in [6, 6.07) is 5.85. The number of benzene rings is 1. The lowest BCUT2D eigenvalue weighted by atomic mass is 10.1. The number of nitrogens with zero attached hydrogens (tertiary/aromatic N) is 1. The maximum Gasteiger partial charge on any atom is 0.227 e. The molecule has 4 nitrogen and oxygen atoms in total. The Morgan fingerprint density at radius 3 is 2.68 bits per heavy atom. The van der Waals surface area contributed by atoms with Crippen LogP contribution in [0.1, 0.15) is 19.4 Å². The highest BCUT2D eigenvalue weighted by molar-refractivity contribution is 5.89. The molecule has 1 heterocycles. The summed E-state index contributed by atoms with van der Waals surface area (Å²) in [6.45, 7) is 5.50. The lowest BCUT2D eigenvalue weighted by Crippen LogP contribution is -2.31. The molecule has 2 aromatic rings. The molecule has 0 radical (unpaired) electrons. The van der Waals surface area contributed by atoms with Gasteiger partial charge in [0.1, 0.15) is 5.75 Å². The van der Waals surface area contributed by atoms with E-state index in [1.807, 2.05) is 43.1 Å². The lowest BCUT2D eigenvalue weighted by molar-refractivity contribution is -0.130. The molecule has 4 heteroatoms. The summed E-state index contributed by atoms with van der Waals surface area (Å²) in [6.07, 6.45) is 2.33. The zero-order valence-electron chi connectivity index (χ0n) is 11.7. The van der Waals surface area contributed by atoms with Gasteiger partial charge < -0.3 is 14.6 Å². The molecule has 0 aliphatic heterocycles. The largest absolute Gasteiger partial charge is 0.497 e. The number of aromatic nitrogens is 1. The Labute approximate surface area is 113 Å². The van der Waals surface area contributed by atoms with Crippen LogP contribution in [0.4, 0.5) is 0 Å². The molecule has 0 fully saturated rings. The van der Waals surface area contributed by atoms with Gasteiger partial charge in [0.15, 0.2) is 0 Å². The highest BCUT2D eigenvalue weighted by Gasteiger charge is 2.13. The third-order valence-electron chi connectivity index (χ3n) is 3.43. The number of nitrogens with one attached hydrogen (secondary N) is 1. The predicted octanol–water partition coefficient (Wildman–Crippen LogP) is 2.59. The number of ether oxygens (including phenoxy) is 1. The molecule has 102 valence electrons. The molecule has 0 atom stereocenters. The van der Waals surface area contributed by atoms with E-state index in [1.165, 1.54) is 0 Å². The van der Waals surface area contributed by atoms with E-state index in [-0.39, 0.29) is 5.91 Å². The van der Waals surface area contributed by atoms with Crippen LogP contribution in [-0.2, 0) is 11.2 Å². The van der Waals surface area contributed by atoms with Crippen molar-refractivity contribution in [3.05, 3.63) is 30.0 Å². The Morgan fingerprint density at radius 2 is 2.05 bits per heavy atom. The molecule has 0 aliphatic rings. The van der Waals surface area contributed by atoms with Gasteiger partial charge in [-0.2, -0.15) is 0 Å². The Bertz CT molecular complexity index is 571. The molecule has 0 unspecified atom stereocenters. The van der Waals surface area contributed by atoms with Gasteiger partial charge in [-0.25, -0.2) is 0 Å². The van der Waals surface area contributed by atoms with Crippen LogP contribution in [0.25, 0.3) is 10.9 Å². The fourth-order valence-electron chi connectivity index (χ4n) is 2.28. The van der Waals surface area contributed by atoms with Crippen LogP contribution >= 0.6 is 0 Å². The standard InChI is InChI=1S/C15H20N2O2/c1-4-17(5-2)15(18)8-11-10-16-14-7-6-12(19-3)9-13(11)14/h6-7,9-10,16H,4-5,8H2,1-3H3. The predicted molar refractivity (Wildman–Crippen MR) is 76.5 cm³/mol. The Kier molecular flexibility index (Phi) is 4.10. The highest BCUT2D eigenvalue weighted by Crippen LogP contribution is 2.24. The maximum atomic E-state index is 12.2. The first-order valence-electron chi connectivity index (χ1n) is 6.61. The summed E-state index contributed by atoms with van der Waals surface area (Å²) in [7, 11) is 1.65. The van der Waals surface area contributed by atoms with Crippen molar-refractivity contribution in [3.63, 3.8) is 0 Å². The summed E-state index contributed by atoms with van der Waals surface area (Å²) in [4.78, 5) is 17.2. The van der Waals surface area contributed by atoms with Gasteiger partial charge in [0.25, 0.3) is 0 Å². The molecule has 1 amide bonds.